The Hall–Kier alpha value is -2.19. The van der Waals surface area contributed by atoms with Crippen molar-refractivity contribution < 1.29 is 17.6 Å². The Kier molecular flexibility index (Phi) is 4.79. The minimum atomic E-state index is -3.58. The highest BCUT2D eigenvalue weighted by Gasteiger charge is 2.33. The molecule has 2 aromatic rings. The van der Waals surface area contributed by atoms with Crippen LogP contribution in [0.4, 0.5) is 4.39 Å². The van der Waals surface area contributed by atoms with Crippen molar-refractivity contribution in [3.63, 3.8) is 0 Å². The largest absolute Gasteiger partial charge is 0.345 e. The normalized spacial score (nSPS) is 20.4. The maximum absolute atomic E-state index is 13.7. The molecule has 2 aliphatic heterocycles. The number of carbonyl (C=O) groups excluding carboxylic acids is 1. The first-order valence-corrected chi connectivity index (χ1v) is 11.0. The van der Waals surface area contributed by atoms with Crippen LogP contribution >= 0.6 is 0 Å². The zero-order valence-corrected chi connectivity index (χ0v) is 16.9. The minimum Gasteiger partial charge on any atom is -0.345 e. The minimum absolute atomic E-state index is 0.149. The van der Waals surface area contributed by atoms with E-state index in [4.69, 9.17) is 0 Å². The van der Waals surface area contributed by atoms with Crippen LogP contribution < -0.4 is 0 Å². The smallest absolute Gasteiger partial charge is 0.271 e. The van der Waals surface area contributed by atoms with E-state index < -0.39 is 10.0 Å². The number of hydrogen-bond donors (Lipinski definition) is 0. The van der Waals surface area contributed by atoms with Crippen LogP contribution in [0, 0.1) is 5.82 Å². The average molecular weight is 405 g/mol. The van der Waals surface area contributed by atoms with Gasteiger partial charge in [0, 0.05) is 32.9 Å². The molecule has 8 heteroatoms. The Morgan fingerprint density at radius 1 is 1.14 bits per heavy atom. The van der Waals surface area contributed by atoms with Gasteiger partial charge in [-0.3, -0.25) is 4.79 Å². The Balaban J connectivity index is 1.63. The summed E-state index contributed by atoms with van der Waals surface area (Å²) in [4.78, 5) is 15.0. The lowest BCUT2D eigenvalue weighted by Crippen LogP contribution is -2.39. The first-order chi connectivity index (χ1) is 13.3. The van der Waals surface area contributed by atoms with Crippen molar-refractivity contribution in [2.45, 2.75) is 37.1 Å². The lowest BCUT2D eigenvalue weighted by atomic mass is 9.93. The lowest BCUT2D eigenvalue weighted by molar-refractivity contribution is 0.0667. The highest BCUT2D eigenvalue weighted by atomic mass is 32.2. The van der Waals surface area contributed by atoms with Gasteiger partial charge in [-0.1, -0.05) is 6.07 Å². The first kappa shape index (κ1) is 19.1. The Morgan fingerprint density at radius 3 is 2.57 bits per heavy atom. The average Bonchev–Trinajstić information content (AvgIpc) is 3.32. The zero-order chi connectivity index (χ0) is 20.1. The van der Waals surface area contributed by atoms with Crippen molar-refractivity contribution in [1.82, 2.24) is 13.8 Å². The molecule has 0 radical (unpaired) electrons. The molecule has 1 fully saturated rings. The van der Waals surface area contributed by atoms with E-state index in [1.54, 1.807) is 22.6 Å². The first-order valence-electron chi connectivity index (χ1n) is 9.55. The molecule has 0 spiro atoms. The number of hydrogen-bond acceptors (Lipinski definition) is 3. The van der Waals surface area contributed by atoms with E-state index in [2.05, 4.69) is 0 Å². The summed E-state index contributed by atoms with van der Waals surface area (Å²) in [7, 11) is -1.90. The summed E-state index contributed by atoms with van der Waals surface area (Å²) in [5.74, 6) is -0.564. The van der Waals surface area contributed by atoms with Crippen LogP contribution in [0.15, 0.2) is 35.4 Å². The molecule has 1 saturated heterocycles. The zero-order valence-electron chi connectivity index (χ0n) is 16.1. The predicted molar refractivity (Wildman–Crippen MR) is 103 cm³/mol. The van der Waals surface area contributed by atoms with Crippen LogP contribution in [0.2, 0.25) is 0 Å². The van der Waals surface area contributed by atoms with Crippen molar-refractivity contribution in [2.24, 2.45) is 7.05 Å². The molecule has 0 N–H and O–H groups in total. The number of benzene rings is 1. The quantitative estimate of drug-likeness (QED) is 0.789. The van der Waals surface area contributed by atoms with E-state index in [9.17, 15) is 17.6 Å². The number of amides is 1. The molecule has 1 amide bonds. The number of carbonyl (C=O) groups is 1. The van der Waals surface area contributed by atoms with Gasteiger partial charge in [0.25, 0.3) is 5.91 Å². The number of sulfonamides is 1. The van der Waals surface area contributed by atoms with E-state index >= 15 is 0 Å². The van der Waals surface area contributed by atoms with E-state index in [-0.39, 0.29) is 22.7 Å². The molecule has 2 aliphatic rings. The summed E-state index contributed by atoms with van der Waals surface area (Å²) in [5.41, 5.74) is 2.17. The summed E-state index contributed by atoms with van der Waals surface area (Å²) in [6.07, 6.45) is 3.87. The molecule has 1 aromatic heterocycles. The molecule has 150 valence electrons. The number of rotatable bonds is 3. The van der Waals surface area contributed by atoms with Crippen molar-refractivity contribution in [3.05, 3.63) is 53.1 Å². The van der Waals surface area contributed by atoms with Crippen LogP contribution in [0.5, 0.6) is 0 Å². The molecular weight excluding hydrogens is 381 g/mol. The molecule has 1 atom stereocenters. The number of aromatic nitrogens is 1. The van der Waals surface area contributed by atoms with Crippen LogP contribution in [-0.2, 0) is 23.5 Å². The van der Waals surface area contributed by atoms with E-state index in [1.807, 2.05) is 6.92 Å². The summed E-state index contributed by atoms with van der Waals surface area (Å²) in [5, 5.41) is 0. The highest BCUT2D eigenvalue weighted by molar-refractivity contribution is 7.89. The van der Waals surface area contributed by atoms with Gasteiger partial charge in [0.15, 0.2) is 0 Å². The molecular formula is C20H24FN3O3S. The number of halogens is 1. The highest BCUT2D eigenvalue weighted by Crippen LogP contribution is 2.32. The Labute approximate surface area is 164 Å². The van der Waals surface area contributed by atoms with Gasteiger partial charge in [-0.2, -0.15) is 4.31 Å². The molecule has 0 aliphatic carbocycles. The fraction of sp³-hybridized carbons (Fsp3) is 0.450. The van der Waals surface area contributed by atoms with Crippen molar-refractivity contribution in [3.8, 4) is 0 Å². The molecule has 3 heterocycles. The number of fused-ring (bicyclic) bond motifs is 1. The second-order valence-corrected chi connectivity index (χ2v) is 9.49. The van der Waals surface area contributed by atoms with Gasteiger partial charge in [-0.05, 0) is 55.5 Å². The van der Waals surface area contributed by atoms with Crippen LogP contribution in [0.25, 0.3) is 0 Å². The van der Waals surface area contributed by atoms with Gasteiger partial charge in [0.1, 0.15) is 16.4 Å². The van der Waals surface area contributed by atoms with E-state index in [0.717, 1.165) is 24.0 Å². The molecule has 0 bridgehead atoms. The van der Waals surface area contributed by atoms with Crippen LogP contribution in [0.3, 0.4) is 0 Å². The second kappa shape index (κ2) is 7.00. The van der Waals surface area contributed by atoms with E-state index in [1.165, 1.54) is 28.7 Å². The third-order valence-electron chi connectivity index (χ3n) is 5.81. The van der Waals surface area contributed by atoms with Gasteiger partial charge in [-0.15, -0.1) is 0 Å². The monoisotopic (exact) mass is 405 g/mol. The molecule has 6 nitrogen and oxygen atoms in total. The third kappa shape index (κ3) is 3.14. The molecule has 0 saturated carbocycles. The molecule has 4 rings (SSSR count). The second-order valence-electron chi connectivity index (χ2n) is 7.55. The third-order valence-corrected chi connectivity index (χ3v) is 7.67. The summed E-state index contributed by atoms with van der Waals surface area (Å²) in [6, 6.07) is 5.87. The van der Waals surface area contributed by atoms with Gasteiger partial charge >= 0.3 is 0 Å². The van der Waals surface area contributed by atoms with E-state index in [0.29, 0.717) is 31.7 Å². The van der Waals surface area contributed by atoms with Gasteiger partial charge in [0.2, 0.25) is 10.0 Å². The molecule has 1 aromatic carbocycles. The van der Waals surface area contributed by atoms with Gasteiger partial charge in [-0.25, -0.2) is 12.8 Å². The summed E-state index contributed by atoms with van der Waals surface area (Å²) < 4.78 is 42.3. The topological polar surface area (TPSA) is 62.6 Å². The van der Waals surface area contributed by atoms with Crippen molar-refractivity contribution >= 4 is 15.9 Å². The maximum Gasteiger partial charge on any atom is 0.271 e. The molecule has 28 heavy (non-hydrogen) atoms. The Bertz CT molecular complexity index is 1030. The van der Waals surface area contributed by atoms with Crippen molar-refractivity contribution in [2.75, 3.05) is 19.6 Å². The van der Waals surface area contributed by atoms with Crippen molar-refractivity contribution in [1.29, 1.82) is 0 Å². The standard InChI is InChI=1S/C20H24FN3O3S/c1-14-18-11-16(21)6-5-15(18)7-10-24(14)20(25)19-12-17(13-22(19)2)28(26,27)23-8-3-4-9-23/h5-6,11-14H,3-4,7-10H2,1-2H3. The van der Waals surface area contributed by atoms with Crippen LogP contribution in [-0.4, -0.2) is 47.7 Å². The number of aryl methyl sites for hydroxylation is 1. The summed E-state index contributed by atoms with van der Waals surface area (Å²) >= 11 is 0. The van der Waals surface area contributed by atoms with Gasteiger partial charge in [0.05, 0.1) is 6.04 Å². The summed E-state index contributed by atoms with van der Waals surface area (Å²) in [6.45, 7) is 3.43. The maximum atomic E-state index is 13.7. The Morgan fingerprint density at radius 2 is 1.86 bits per heavy atom. The predicted octanol–water partition coefficient (Wildman–Crippen LogP) is 2.71. The lowest BCUT2D eigenvalue weighted by Gasteiger charge is -2.35. The SMILES string of the molecule is CC1c2cc(F)ccc2CCN1C(=O)c1cc(S(=O)(=O)N2CCCC2)cn1C. The van der Waals surface area contributed by atoms with Crippen LogP contribution in [0.1, 0.15) is 47.4 Å². The fourth-order valence-electron chi connectivity index (χ4n) is 4.17. The molecule has 1 unspecified atom stereocenters. The van der Waals surface area contributed by atoms with Gasteiger partial charge < -0.3 is 9.47 Å². The number of nitrogens with zero attached hydrogens (tertiary/aromatic N) is 3. The fourth-order valence-corrected chi connectivity index (χ4v) is 5.76.